The molecule has 0 aromatic carbocycles. The average Bonchev–Trinajstić information content (AvgIpc) is 3.24. The first-order chi connectivity index (χ1) is 12.7. The molecule has 3 aliphatic rings. The van der Waals surface area contributed by atoms with Crippen molar-refractivity contribution < 1.29 is 14.7 Å². The average molecular weight is 373 g/mol. The van der Waals surface area contributed by atoms with Crippen molar-refractivity contribution in [3.63, 3.8) is 0 Å². The summed E-state index contributed by atoms with van der Waals surface area (Å²) < 4.78 is 0. The fourth-order valence-corrected chi connectivity index (χ4v) is 4.40. The lowest BCUT2D eigenvalue weighted by molar-refractivity contribution is -0.117. The van der Waals surface area contributed by atoms with E-state index in [9.17, 15) is 14.7 Å². The first-order valence-electron chi connectivity index (χ1n) is 9.63. The summed E-state index contributed by atoms with van der Waals surface area (Å²) in [4.78, 5) is 36.2. The third kappa shape index (κ3) is 3.44. The molecule has 2 saturated heterocycles. The molecule has 1 aliphatic carbocycles. The van der Waals surface area contributed by atoms with Gasteiger partial charge in [0.1, 0.15) is 5.82 Å². The standard InChI is InChI=1S/C19H27N5O3/c1-19(2,3)14-6-12-9-23(18(26)27)10-13(12)24(14)16-8-20-7-15(21-16)22-17(25)11-4-5-11/h7-8,11-14H,4-6,9-10H2,1-3H3,(H,26,27)(H,21,22,25). The summed E-state index contributed by atoms with van der Waals surface area (Å²) in [5.74, 6) is 1.58. The van der Waals surface area contributed by atoms with Crippen LogP contribution in [0.3, 0.4) is 0 Å². The second kappa shape index (κ2) is 6.35. The minimum atomic E-state index is -0.867. The van der Waals surface area contributed by atoms with E-state index in [1.165, 1.54) is 4.90 Å². The third-order valence-corrected chi connectivity index (χ3v) is 5.98. The van der Waals surface area contributed by atoms with Crippen LogP contribution in [0.25, 0.3) is 0 Å². The van der Waals surface area contributed by atoms with Crippen LogP contribution in [0.15, 0.2) is 12.4 Å². The SMILES string of the molecule is CC(C)(C)C1CC2CN(C(=O)O)CC2N1c1cncc(NC(=O)C2CC2)n1. The Morgan fingerprint density at radius 1 is 1.22 bits per heavy atom. The van der Waals surface area contributed by atoms with Crippen molar-refractivity contribution in [3.8, 4) is 0 Å². The highest BCUT2D eigenvalue weighted by Crippen LogP contribution is 2.44. The Morgan fingerprint density at radius 2 is 1.96 bits per heavy atom. The first kappa shape index (κ1) is 18.0. The maximum Gasteiger partial charge on any atom is 0.407 e. The van der Waals surface area contributed by atoms with Crippen LogP contribution < -0.4 is 10.2 Å². The number of anilines is 2. The van der Waals surface area contributed by atoms with E-state index in [1.807, 2.05) is 0 Å². The number of amides is 2. The predicted molar refractivity (Wildman–Crippen MR) is 101 cm³/mol. The van der Waals surface area contributed by atoms with Gasteiger partial charge in [-0.3, -0.25) is 9.78 Å². The van der Waals surface area contributed by atoms with Gasteiger partial charge in [0.05, 0.1) is 18.4 Å². The predicted octanol–water partition coefficient (Wildman–Crippen LogP) is 2.43. The Labute approximate surface area is 159 Å². The van der Waals surface area contributed by atoms with Crippen LogP contribution in [0.1, 0.15) is 40.0 Å². The number of aromatic nitrogens is 2. The van der Waals surface area contributed by atoms with Crippen LogP contribution in [0.4, 0.5) is 16.4 Å². The number of nitrogens with one attached hydrogen (secondary N) is 1. The zero-order valence-corrected chi connectivity index (χ0v) is 16.1. The topological polar surface area (TPSA) is 98.7 Å². The molecule has 0 bridgehead atoms. The Kier molecular flexibility index (Phi) is 4.24. The molecule has 1 aromatic rings. The van der Waals surface area contributed by atoms with E-state index in [0.717, 1.165) is 19.3 Å². The highest BCUT2D eigenvalue weighted by molar-refractivity contribution is 5.93. The number of carboxylic acid groups (broad SMARTS) is 1. The number of carbonyl (C=O) groups is 2. The second-order valence-electron chi connectivity index (χ2n) is 9.07. The van der Waals surface area contributed by atoms with E-state index in [4.69, 9.17) is 0 Å². The van der Waals surface area contributed by atoms with E-state index in [2.05, 4.69) is 41.0 Å². The number of fused-ring (bicyclic) bond motifs is 1. The molecule has 3 unspecified atom stereocenters. The van der Waals surface area contributed by atoms with Crippen LogP contribution in [0.2, 0.25) is 0 Å². The number of nitrogens with zero attached hydrogens (tertiary/aromatic N) is 4. The summed E-state index contributed by atoms with van der Waals surface area (Å²) in [6, 6.07) is 0.334. The molecule has 0 spiro atoms. The Hall–Kier alpha value is -2.38. The van der Waals surface area contributed by atoms with Gasteiger partial charge < -0.3 is 20.2 Å². The molecule has 3 heterocycles. The van der Waals surface area contributed by atoms with Gasteiger partial charge in [0.2, 0.25) is 5.91 Å². The summed E-state index contributed by atoms with van der Waals surface area (Å²) in [6.07, 6.45) is 5.22. The van der Waals surface area contributed by atoms with Gasteiger partial charge in [-0.15, -0.1) is 0 Å². The van der Waals surface area contributed by atoms with Gasteiger partial charge in [-0.25, -0.2) is 9.78 Å². The van der Waals surface area contributed by atoms with E-state index < -0.39 is 6.09 Å². The number of hydrogen-bond donors (Lipinski definition) is 2. The molecule has 8 heteroatoms. The van der Waals surface area contributed by atoms with Gasteiger partial charge >= 0.3 is 6.09 Å². The van der Waals surface area contributed by atoms with Crippen LogP contribution in [-0.2, 0) is 4.79 Å². The third-order valence-electron chi connectivity index (χ3n) is 5.98. The van der Waals surface area contributed by atoms with Crippen molar-refractivity contribution in [2.45, 2.75) is 52.1 Å². The summed E-state index contributed by atoms with van der Waals surface area (Å²) in [7, 11) is 0. The molecule has 27 heavy (non-hydrogen) atoms. The Bertz CT molecular complexity index is 758. The molecular weight excluding hydrogens is 346 g/mol. The zero-order valence-electron chi connectivity index (χ0n) is 16.1. The maximum absolute atomic E-state index is 12.1. The smallest absolute Gasteiger partial charge is 0.407 e. The van der Waals surface area contributed by atoms with Gasteiger partial charge in [0.25, 0.3) is 0 Å². The van der Waals surface area contributed by atoms with Crippen molar-refractivity contribution in [2.24, 2.45) is 17.3 Å². The molecular formula is C19H27N5O3. The van der Waals surface area contributed by atoms with Crippen LogP contribution in [0, 0.1) is 17.3 Å². The van der Waals surface area contributed by atoms with Gasteiger partial charge in [-0.05, 0) is 24.7 Å². The Balaban J connectivity index is 1.62. The first-order valence-corrected chi connectivity index (χ1v) is 9.63. The number of rotatable bonds is 3. The molecule has 1 saturated carbocycles. The van der Waals surface area contributed by atoms with Crippen LogP contribution >= 0.6 is 0 Å². The van der Waals surface area contributed by atoms with Gasteiger partial charge in [0.15, 0.2) is 5.82 Å². The fraction of sp³-hybridized carbons (Fsp3) is 0.684. The van der Waals surface area contributed by atoms with E-state index in [0.29, 0.717) is 24.7 Å². The molecule has 0 radical (unpaired) electrons. The van der Waals surface area contributed by atoms with Crippen molar-refractivity contribution in [1.82, 2.24) is 14.9 Å². The normalized spacial score (nSPS) is 27.6. The molecule has 1 aromatic heterocycles. The molecule has 2 aliphatic heterocycles. The lowest BCUT2D eigenvalue weighted by Crippen LogP contribution is -2.46. The van der Waals surface area contributed by atoms with Gasteiger partial charge in [0, 0.05) is 31.0 Å². The maximum atomic E-state index is 12.1. The quantitative estimate of drug-likeness (QED) is 0.844. The van der Waals surface area contributed by atoms with Gasteiger partial charge in [-0.1, -0.05) is 20.8 Å². The van der Waals surface area contributed by atoms with Crippen LogP contribution in [-0.4, -0.2) is 57.1 Å². The lowest BCUT2D eigenvalue weighted by Gasteiger charge is -2.38. The molecule has 4 rings (SSSR count). The minimum absolute atomic E-state index is 0.00559. The van der Waals surface area contributed by atoms with E-state index >= 15 is 0 Å². The lowest BCUT2D eigenvalue weighted by atomic mass is 9.83. The summed E-state index contributed by atoms with van der Waals surface area (Å²) in [5, 5.41) is 12.2. The number of hydrogen-bond acceptors (Lipinski definition) is 5. The second-order valence-corrected chi connectivity index (χ2v) is 9.07. The highest BCUT2D eigenvalue weighted by atomic mass is 16.4. The largest absolute Gasteiger partial charge is 0.465 e. The molecule has 146 valence electrons. The molecule has 2 N–H and O–H groups in total. The van der Waals surface area contributed by atoms with E-state index in [-0.39, 0.29) is 35.2 Å². The van der Waals surface area contributed by atoms with Crippen molar-refractivity contribution in [3.05, 3.63) is 12.4 Å². The molecule has 3 atom stereocenters. The summed E-state index contributed by atoms with van der Waals surface area (Å²) in [6.45, 7) is 7.65. The number of carbonyl (C=O) groups excluding carboxylic acids is 1. The number of likely N-dealkylation sites (tertiary alicyclic amines) is 1. The highest BCUT2D eigenvalue weighted by Gasteiger charge is 2.51. The molecule has 3 fully saturated rings. The monoisotopic (exact) mass is 373 g/mol. The van der Waals surface area contributed by atoms with Crippen molar-refractivity contribution in [2.75, 3.05) is 23.3 Å². The fourth-order valence-electron chi connectivity index (χ4n) is 4.40. The zero-order chi connectivity index (χ0) is 19.3. The molecule has 2 amide bonds. The van der Waals surface area contributed by atoms with Crippen molar-refractivity contribution in [1.29, 1.82) is 0 Å². The summed E-state index contributed by atoms with van der Waals surface area (Å²) >= 11 is 0. The summed E-state index contributed by atoms with van der Waals surface area (Å²) in [5.41, 5.74) is 0.0212. The minimum Gasteiger partial charge on any atom is -0.465 e. The van der Waals surface area contributed by atoms with Gasteiger partial charge in [-0.2, -0.15) is 0 Å². The van der Waals surface area contributed by atoms with Crippen LogP contribution in [0.5, 0.6) is 0 Å². The Morgan fingerprint density at radius 3 is 2.59 bits per heavy atom. The van der Waals surface area contributed by atoms with Crippen molar-refractivity contribution >= 4 is 23.6 Å². The van der Waals surface area contributed by atoms with E-state index in [1.54, 1.807) is 12.4 Å². The molecule has 8 nitrogen and oxygen atoms in total.